The predicted octanol–water partition coefficient (Wildman–Crippen LogP) is 13.2. The van der Waals surface area contributed by atoms with Crippen LogP contribution in [0, 0.1) is 0 Å². The van der Waals surface area contributed by atoms with E-state index in [0.717, 1.165) is 50.0 Å². The zero-order chi connectivity index (χ0) is 31.9. The summed E-state index contributed by atoms with van der Waals surface area (Å²) in [4.78, 5) is 2.43. The number of benzene rings is 8. The molecule has 0 amide bonds. The Hall–Kier alpha value is -6.38. The van der Waals surface area contributed by atoms with Crippen LogP contribution in [0.4, 0.5) is 17.1 Å². The molecule has 0 unspecified atom stereocenters. The first-order valence-corrected chi connectivity index (χ1v) is 16.4. The fourth-order valence-corrected chi connectivity index (χ4v) is 6.96. The van der Waals surface area contributed by atoms with E-state index in [9.17, 15) is 0 Å². The number of nitrogens with zero attached hydrogens (tertiary/aromatic N) is 1. The molecule has 48 heavy (non-hydrogen) atoms. The van der Waals surface area contributed by atoms with E-state index in [2.05, 4.69) is 187 Å². The molecular formula is C46H31NO. The summed E-state index contributed by atoms with van der Waals surface area (Å²) in [5.74, 6) is 0. The zero-order valence-electron chi connectivity index (χ0n) is 26.3. The van der Waals surface area contributed by atoms with Crippen molar-refractivity contribution in [1.29, 1.82) is 0 Å². The largest absolute Gasteiger partial charge is 0.456 e. The standard InChI is InChI=1S/C46H31NO/c1-3-13-32(14-4-1)33-23-25-34(26-24-33)35-27-29-38(30-28-35)47(42-21-11-9-18-39(42)36-15-5-2-6-16-36)46-40-19-8-7-17-37(40)31-44-45(46)41-20-10-12-22-43(41)48-44/h1-31H. The molecule has 0 aliphatic heterocycles. The molecule has 9 aromatic rings. The maximum atomic E-state index is 6.53. The van der Waals surface area contributed by atoms with Gasteiger partial charge in [0.1, 0.15) is 11.2 Å². The molecule has 0 bridgehead atoms. The van der Waals surface area contributed by atoms with Crippen LogP contribution in [0.25, 0.3) is 66.1 Å². The molecule has 0 aliphatic rings. The van der Waals surface area contributed by atoms with Crippen molar-refractivity contribution in [3.05, 3.63) is 188 Å². The SMILES string of the molecule is c1ccc(-c2ccc(-c3ccc(N(c4ccccc4-c4ccccc4)c4c5ccccc5cc5oc6ccccc6c45)cc3)cc2)cc1. The molecule has 0 radical (unpaired) electrons. The summed E-state index contributed by atoms with van der Waals surface area (Å²) in [6.45, 7) is 0. The van der Waals surface area contributed by atoms with Crippen LogP contribution in [-0.4, -0.2) is 0 Å². The quantitative estimate of drug-likeness (QED) is 0.185. The molecule has 1 aromatic heterocycles. The maximum absolute atomic E-state index is 6.53. The highest BCUT2D eigenvalue weighted by atomic mass is 16.3. The molecule has 0 aliphatic carbocycles. The minimum Gasteiger partial charge on any atom is -0.456 e. The van der Waals surface area contributed by atoms with Crippen molar-refractivity contribution in [3.63, 3.8) is 0 Å². The fraction of sp³-hybridized carbons (Fsp3) is 0. The Morgan fingerprint density at radius 2 is 0.896 bits per heavy atom. The Bertz CT molecular complexity index is 2530. The number of rotatable bonds is 6. The smallest absolute Gasteiger partial charge is 0.138 e. The van der Waals surface area contributed by atoms with E-state index in [0.29, 0.717) is 0 Å². The van der Waals surface area contributed by atoms with Gasteiger partial charge in [-0.25, -0.2) is 0 Å². The third-order valence-corrected chi connectivity index (χ3v) is 9.27. The summed E-state index contributed by atoms with van der Waals surface area (Å²) in [6.07, 6.45) is 0. The normalized spacial score (nSPS) is 11.3. The Morgan fingerprint density at radius 1 is 0.375 bits per heavy atom. The highest BCUT2D eigenvalue weighted by Gasteiger charge is 2.24. The van der Waals surface area contributed by atoms with Crippen molar-refractivity contribution in [2.45, 2.75) is 0 Å². The first-order chi connectivity index (χ1) is 23.8. The summed E-state index contributed by atoms with van der Waals surface area (Å²) in [5.41, 5.74) is 12.2. The van der Waals surface area contributed by atoms with Gasteiger partial charge in [-0.1, -0.05) is 158 Å². The van der Waals surface area contributed by atoms with E-state index < -0.39 is 0 Å². The topological polar surface area (TPSA) is 16.4 Å². The van der Waals surface area contributed by atoms with Crippen molar-refractivity contribution >= 4 is 49.8 Å². The van der Waals surface area contributed by atoms with Crippen molar-refractivity contribution < 1.29 is 4.42 Å². The van der Waals surface area contributed by atoms with Gasteiger partial charge in [0.05, 0.1) is 16.8 Å². The second kappa shape index (κ2) is 11.8. The van der Waals surface area contributed by atoms with Crippen molar-refractivity contribution in [3.8, 4) is 33.4 Å². The zero-order valence-corrected chi connectivity index (χ0v) is 26.3. The first kappa shape index (κ1) is 27.9. The van der Waals surface area contributed by atoms with E-state index in [-0.39, 0.29) is 0 Å². The summed E-state index contributed by atoms with van der Waals surface area (Å²) in [7, 11) is 0. The minimum absolute atomic E-state index is 0.877. The van der Waals surface area contributed by atoms with Crippen molar-refractivity contribution in [1.82, 2.24) is 0 Å². The molecule has 9 rings (SSSR count). The molecule has 0 fully saturated rings. The van der Waals surface area contributed by atoms with Crippen LogP contribution in [-0.2, 0) is 0 Å². The van der Waals surface area contributed by atoms with E-state index in [1.807, 2.05) is 6.07 Å². The summed E-state index contributed by atoms with van der Waals surface area (Å²) >= 11 is 0. The van der Waals surface area contributed by atoms with E-state index in [1.165, 1.54) is 33.2 Å². The van der Waals surface area contributed by atoms with Crippen LogP contribution >= 0.6 is 0 Å². The number of hydrogen-bond donors (Lipinski definition) is 0. The monoisotopic (exact) mass is 613 g/mol. The molecular weight excluding hydrogens is 583 g/mol. The highest BCUT2D eigenvalue weighted by molar-refractivity contribution is 6.22. The van der Waals surface area contributed by atoms with Gasteiger partial charge in [-0.3, -0.25) is 0 Å². The van der Waals surface area contributed by atoms with Gasteiger partial charge in [0.2, 0.25) is 0 Å². The maximum Gasteiger partial charge on any atom is 0.138 e. The lowest BCUT2D eigenvalue weighted by Gasteiger charge is -2.30. The summed E-state index contributed by atoms with van der Waals surface area (Å²) in [5, 5.41) is 4.51. The molecule has 8 aromatic carbocycles. The molecule has 0 saturated heterocycles. The third kappa shape index (κ3) is 4.83. The molecule has 226 valence electrons. The predicted molar refractivity (Wildman–Crippen MR) is 202 cm³/mol. The molecule has 0 spiro atoms. The number of fused-ring (bicyclic) bond motifs is 4. The second-order valence-corrected chi connectivity index (χ2v) is 12.1. The van der Waals surface area contributed by atoms with Crippen molar-refractivity contribution in [2.75, 3.05) is 4.90 Å². The number of anilines is 3. The van der Waals surface area contributed by atoms with Crippen molar-refractivity contribution in [2.24, 2.45) is 0 Å². The number of hydrogen-bond acceptors (Lipinski definition) is 2. The van der Waals surface area contributed by atoms with Crippen LogP contribution in [0.15, 0.2) is 192 Å². The van der Waals surface area contributed by atoms with E-state index >= 15 is 0 Å². The van der Waals surface area contributed by atoms with Gasteiger partial charge >= 0.3 is 0 Å². The van der Waals surface area contributed by atoms with Crippen LogP contribution in [0.5, 0.6) is 0 Å². The highest BCUT2D eigenvalue weighted by Crippen LogP contribution is 2.49. The summed E-state index contributed by atoms with van der Waals surface area (Å²) < 4.78 is 6.53. The van der Waals surface area contributed by atoms with Crippen LogP contribution < -0.4 is 4.90 Å². The van der Waals surface area contributed by atoms with Gasteiger partial charge in [-0.15, -0.1) is 0 Å². The van der Waals surface area contributed by atoms with Gasteiger partial charge in [0.25, 0.3) is 0 Å². The Balaban J connectivity index is 1.27. The Morgan fingerprint density at radius 3 is 1.60 bits per heavy atom. The number of para-hydroxylation sites is 2. The lowest BCUT2D eigenvalue weighted by atomic mass is 9.97. The van der Waals surface area contributed by atoms with E-state index in [4.69, 9.17) is 4.42 Å². The van der Waals surface area contributed by atoms with Gasteiger partial charge in [0, 0.05) is 22.0 Å². The fourth-order valence-electron chi connectivity index (χ4n) is 6.96. The molecule has 1 heterocycles. The van der Waals surface area contributed by atoms with Crippen LogP contribution in [0.1, 0.15) is 0 Å². The van der Waals surface area contributed by atoms with Gasteiger partial charge < -0.3 is 9.32 Å². The molecule has 0 saturated carbocycles. The Labute approximate surface area is 279 Å². The van der Waals surface area contributed by atoms with Gasteiger partial charge in [-0.05, 0) is 63.5 Å². The average Bonchev–Trinajstić information content (AvgIpc) is 3.54. The average molecular weight is 614 g/mol. The molecule has 0 N–H and O–H groups in total. The lowest BCUT2D eigenvalue weighted by Crippen LogP contribution is -2.12. The van der Waals surface area contributed by atoms with E-state index in [1.54, 1.807) is 0 Å². The second-order valence-electron chi connectivity index (χ2n) is 12.1. The third-order valence-electron chi connectivity index (χ3n) is 9.27. The minimum atomic E-state index is 0.877. The first-order valence-electron chi connectivity index (χ1n) is 16.4. The summed E-state index contributed by atoms with van der Waals surface area (Å²) in [6, 6.07) is 66.9. The molecule has 2 heteroatoms. The molecule has 0 atom stereocenters. The van der Waals surface area contributed by atoms with Crippen LogP contribution in [0.2, 0.25) is 0 Å². The van der Waals surface area contributed by atoms with Gasteiger partial charge in [0.15, 0.2) is 0 Å². The van der Waals surface area contributed by atoms with Gasteiger partial charge in [-0.2, -0.15) is 0 Å². The molecule has 2 nitrogen and oxygen atoms in total. The lowest BCUT2D eigenvalue weighted by molar-refractivity contribution is 0.669. The Kier molecular flexibility index (Phi) is 6.84. The number of furan rings is 1. The van der Waals surface area contributed by atoms with Crippen LogP contribution in [0.3, 0.4) is 0 Å².